The van der Waals surface area contributed by atoms with Gasteiger partial charge in [0.1, 0.15) is 17.2 Å². The van der Waals surface area contributed by atoms with Crippen molar-refractivity contribution in [2.45, 2.75) is 58.5 Å². The minimum absolute atomic E-state index is 0.0410. The Hall–Kier alpha value is -1.73. The average Bonchev–Trinajstić information content (AvgIpc) is 2.96. The molecule has 7 heteroatoms. The molecule has 0 aromatic carbocycles. The molecule has 2 aromatic rings. The van der Waals surface area contributed by atoms with Crippen LogP contribution in [0.3, 0.4) is 0 Å². The summed E-state index contributed by atoms with van der Waals surface area (Å²) >= 11 is 1.66. The van der Waals surface area contributed by atoms with Crippen molar-refractivity contribution in [3.05, 3.63) is 26.6 Å². The zero-order chi connectivity index (χ0) is 18.7. The Morgan fingerprint density at radius 1 is 1.31 bits per heavy atom. The number of fused-ring (bicyclic) bond motifs is 3. The maximum atomic E-state index is 13.3. The standard InChI is InChI=1S/C19H28N4O2S/c1-4-5-10-20-16(24)12-23-15(11-22(2)3)21-18-17(19(23)25)13-8-6-7-9-14(13)26-18/h4-12H2,1-3H3,(H,20,24). The molecule has 0 aliphatic heterocycles. The molecular weight excluding hydrogens is 348 g/mol. The fourth-order valence-electron chi connectivity index (χ4n) is 3.45. The van der Waals surface area contributed by atoms with Crippen LogP contribution in [0, 0.1) is 0 Å². The molecule has 1 aliphatic rings. The molecule has 142 valence electrons. The monoisotopic (exact) mass is 376 g/mol. The second-order valence-electron chi connectivity index (χ2n) is 7.25. The van der Waals surface area contributed by atoms with Gasteiger partial charge in [0.25, 0.3) is 5.56 Å². The summed E-state index contributed by atoms with van der Waals surface area (Å²) in [5, 5.41) is 3.65. The SMILES string of the molecule is CCCCNC(=O)Cn1c(CN(C)C)nc2sc3c(c2c1=O)CCCC3. The average molecular weight is 377 g/mol. The second-order valence-corrected chi connectivity index (χ2v) is 8.34. The summed E-state index contributed by atoms with van der Waals surface area (Å²) in [5.74, 6) is 0.544. The number of nitrogens with zero attached hydrogens (tertiary/aromatic N) is 3. The molecule has 2 aromatic heterocycles. The molecule has 0 atom stereocenters. The van der Waals surface area contributed by atoms with E-state index in [-0.39, 0.29) is 18.0 Å². The lowest BCUT2D eigenvalue weighted by atomic mass is 9.97. The minimum Gasteiger partial charge on any atom is -0.355 e. The minimum atomic E-state index is -0.120. The molecule has 0 saturated carbocycles. The first-order chi connectivity index (χ1) is 12.5. The number of hydrogen-bond donors (Lipinski definition) is 1. The number of aromatic nitrogens is 2. The molecule has 6 nitrogen and oxygen atoms in total. The Morgan fingerprint density at radius 3 is 2.81 bits per heavy atom. The molecular formula is C19H28N4O2S. The van der Waals surface area contributed by atoms with E-state index in [0.717, 1.165) is 42.3 Å². The van der Waals surface area contributed by atoms with Gasteiger partial charge >= 0.3 is 0 Å². The van der Waals surface area contributed by atoms with Crippen LogP contribution in [-0.2, 0) is 30.7 Å². The molecule has 3 rings (SSSR count). The topological polar surface area (TPSA) is 67.2 Å². The van der Waals surface area contributed by atoms with E-state index in [1.165, 1.54) is 16.9 Å². The van der Waals surface area contributed by atoms with Gasteiger partial charge in [0.15, 0.2) is 0 Å². The molecule has 0 spiro atoms. The van der Waals surface area contributed by atoms with Crippen LogP contribution in [-0.4, -0.2) is 41.0 Å². The van der Waals surface area contributed by atoms with E-state index in [0.29, 0.717) is 18.9 Å². The van der Waals surface area contributed by atoms with Gasteiger partial charge in [-0.15, -0.1) is 11.3 Å². The Morgan fingerprint density at radius 2 is 2.08 bits per heavy atom. The van der Waals surface area contributed by atoms with Crippen LogP contribution in [0.2, 0.25) is 0 Å². The highest BCUT2D eigenvalue weighted by Gasteiger charge is 2.23. The number of amides is 1. The molecule has 0 saturated heterocycles. The number of carbonyl (C=O) groups excluding carboxylic acids is 1. The Bertz CT molecular complexity index is 853. The van der Waals surface area contributed by atoms with Crippen LogP contribution < -0.4 is 10.9 Å². The molecule has 0 fully saturated rings. The quantitative estimate of drug-likeness (QED) is 0.753. The number of aryl methyl sites for hydroxylation is 2. The molecule has 2 heterocycles. The van der Waals surface area contributed by atoms with Gasteiger partial charge in [0, 0.05) is 11.4 Å². The van der Waals surface area contributed by atoms with Crippen molar-refractivity contribution in [3.63, 3.8) is 0 Å². The second kappa shape index (κ2) is 8.31. The number of nitrogens with one attached hydrogen (secondary N) is 1. The highest BCUT2D eigenvalue weighted by Crippen LogP contribution is 2.33. The molecule has 1 N–H and O–H groups in total. The zero-order valence-electron chi connectivity index (χ0n) is 15.9. The lowest BCUT2D eigenvalue weighted by molar-refractivity contribution is -0.121. The van der Waals surface area contributed by atoms with Crippen LogP contribution in [0.25, 0.3) is 10.2 Å². The predicted octanol–water partition coefficient (Wildman–Crippen LogP) is 2.31. The summed E-state index contributed by atoms with van der Waals surface area (Å²) in [4.78, 5) is 34.5. The highest BCUT2D eigenvalue weighted by atomic mass is 32.1. The van der Waals surface area contributed by atoms with E-state index >= 15 is 0 Å². The van der Waals surface area contributed by atoms with Gasteiger partial charge in [-0.2, -0.15) is 0 Å². The zero-order valence-corrected chi connectivity index (χ0v) is 16.7. The van der Waals surface area contributed by atoms with E-state index in [2.05, 4.69) is 12.2 Å². The van der Waals surface area contributed by atoms with Crippen molar-refractivity contribution in [1.82, 2.24) is 19.8 Å². The van der Waals surface area contributed by atoms with Gasteiger partial charge in [-0.25, -0.2) is 4.98 Å². The lowest BCUT2D eigenvalue weighted by Gasteiger charge is -2.16. The number of thiophene rings is 1. The van der Waals surface area contributed by atoms with Crippen LogP contribution >= 0.6 is 11.3 Å². The van der Waals surface area contributed by atoms with E-state index in [1.807, 2.05) is 19.0 Å². The molecule has 0 bridgehead atoms. The van der Waals surface area contributed by atoms with Gasteiger partial charge in [0.2, 0.25) is 5.91 Å². The molecule has 0 radical (unpaired) electrons. The van der Waals surface area contributed by atoms with Gasteiger partial charge < -0.3 is 10.2 Å². The van der Waals surface area contributed by atoms with Gasteiger partial charge in [0.05, 0.1) is 11.9 Å². The third kappa shape index (κ3) is 3.99. The molecule has 26 heavy (non-hydrogen) atoms. The summed E-state index contributed by atoms with van der Waals surface area (Å²) in [6.07, 6.45) is 6.26. The van der Waals surface area contributed by atoms with E-state index in [9.17, 15) is 9.59 Å². The highest BCUT2D eigenvalue weighted by molar-refractivity contribution is 7.18. The normalized spacial score (nSPS) is 14.0. The first kappa shape index (κ1) is 19.0. The van der Waals surface area contributed by atoms with Crippen molar-refractivity contribution in [1.29, 1.82) is 0 Å². The van der Waals surface area contributed by atoms with Gasteiger partial charge in [-0.1, -0.05) is 13.3 Å². The Labute approximate surface area is 158 Å². The lowest BCUT2D eigenvalue weighted by Crippen LogP contribution is -2.36. The van der Waals surface area contributed by atoms with Crippen LogP contribution in [0.5, 0.6) is 0 Å². The molecule has 0 unspecified atom stereocenters. The molecule has 1 aliphatic carbocycles. The largest absolute Gasteiger partial charge is 0.355 e. The first-order valence-electron chi connectivity index (χ1n) is 9.46. The van der Waals surface area contributed by atoms with Crippen molar-refractivity contribution >= 4 is 27.5 Å². The number of hydrogen-bond acceptors (Lipinski definition) is 5. The van der Waals surface area contributed by atoms with E-state index in [1.54, 1.807) is 15.9 Å². The fourth-order valence-corrected chi connectivity index (χ4v) is 4.72. The van der Waals surface area contributed by atoms with Crippen molar-refractivity contribution < 1.29 is 4.79 Å². The van der Waals surface area contributed by atoms with Gasteiger partial charge in [-0.05, 0) is 51.8 Å². The van der Waals surface area contributed by atoms with Crippen LogP contribution in [0.15, 0.2) is 4.79 Å². The maximum absolute atomic E-state index is 13.3. The van der Waals surface area contributed by atoms with Crippen molar-refractivity contribution in [2.24, 2.45) is 0 Å². The van der Waals surface area contributed by atoms with Crippen molar-refractivity contribution in [3.8, 4) is 0 Å². The fraction of sp³-hybridized carbons (Fsp3) is 0.632. The molecule has 1 amide bonds. The summed E-state index contributed by atoms with van der Waals surface area (Å²) in [6.45, 7) is 3.31. The first-order valence-corrected chi connectivity index (χ1v) is 10.3. The third-order valence-corrected chi connectivity index (χ3v) is 5.95. The number of unbranched alkanes of at least 4 members (excludes halogenated alkanes) is 1. The third-order valence-electron chi connectivity index (χ3n) is 4.77. The van der Waals surface area contributed by atoms with Crippen molar-refractivity contribution in [2.75, 3.05) is 20.6 Å². The predicted molar refractivity (Wildman–Crippen MR) is 106 cm³/mol. The summed E-state index contributed by atoms with van der Waals surface area (Å²) in [5.41, 5.74) is 1.11. The summed E-state index contributed by atoms with van der Waals surface area (Å²) in [7, 11) is 3.89. The maximum Gasteiger partial charge on any atom is 0.263 e. The smallest absolute Gasteiger partial charge is 0.263 e. The van der Waals surface area contributed by atoms with Crippen LogP contribution in [0.1, 0.15) is 48.9 Å². The van der Waals surface area contributed by atoms with E-state index in [4.69, 9.17) is 4.98 Å². The number of rotatable bonds is 7. The summed E-state index contributed by atoms with van der Waals surface area (Å²) < 4.78 is 1.57. The summed E-state index contributed by atoms with van der Waals surface area (Å²) in [6, 6.07) is 0. The van der Waals surface area contributed by atoms with Gasteiger partial charge in [-0.3, -0.25) is 14.2 Å². The van der Waals surface area contributed by atoms with Crippen LogP contribution in [0.4, 0.5) is 0 Å². The number of carbonyl (C=O) groups is 1. The Balaban J connectivity index is 2.02. The van der Waals surface area contributed by atoms with E-state index < -0.39 is 0 Å². The Kier molecular flexibility index (Phi) is 6.09.